The van der Waals surface area contributed by atoms with E-state index in [4.69, 9.17) is 0 Å². The third-order valence-corrected chi connectivity index (χ3v) is 5.77. The van der Waals surface area contributed by atoms with Crippen LogP contribution in [0.4, 0.5) is 4.20 Å². The van der Waals surface area contributed by atoms with Gasteiger partial charge in [0.2, 0.25) is 0 Å². The molecule has 5 heteroatoms. The fourth-order valence-corrected chi connectivity index (χ4v) is 3.27. The van der Waals surface area contributed by atoms with Gasteiger partial charge in [0.25, 0.3) is 0 Å². The summed E-state index contributed by atoms with van der Waals surface area (Å²) in [7, 11) is -0.391. The second kappa shape index (κ2) is 8.34. The minimum absolute atomic E-state index is 0. The maximum atomic E-state index is 12.1. The van der Waals surface area contributed by atoms with E-state index in [2.05, 4.69) is 22.0 Å². The van der Waals surface area contributed by atoms with Crippen LogP contribution in [0.15, 0.2) is 30.3 Å². The summed E-state index contributed by atoms with van der Waals surface area (Å²) in [4.78, 5) is 0. The van der Waals surface area contributed by atoms with Gasteiger partial charge in [-0.1, -0.05) is 30.3 Å². The molecule has 0 fully saturated rings. The normalized spacial score (nSPS) is 12.8. The summed E-state index contributed by atoms with van der Waals surface area (Å²) in [6, 6.07) is 10.1. The van der Waals surface area contributed by atoms with E-state index >= 15 is 0 Å². The molecule has 2 unspecified atom stereocenters. The van der Waals surface area contributed by atoms with Crippen molar-refractivity contribution in [1.82, 2.24) is 0 Å². The predicted octanol–water partition coefficient (Wildman–Crippen LogP) is 4.50. The Morgan fingerprint density at radius 3 is 2.42 bits per heavy atom. The Bertz CT molecular complexity index is 210. The molecule has 2 atom stereocenters. The molecular formula is C7H8FIP2Tb. The van der Waals surface area contributed by atoms with Crippen LogP contribution in [0.1, 0.15) is 5.56 Å². The predicted molar refractivity (Wildman–Crippen MR) is 60.5 cm³/mol. The third-order valence-electron chi connectivity index (χ3n) is 1.26. The Morgan fingerprint density at radius 1 is 1.33 bits per heavy atom. The topological polar surface area (TPSA) is 0 Å². The summed E-state index contributed by atoms with van der Waals surface area (Å²) in [5.74, 6) is 0. The molecule has 1 radical (unpaired) electrons. The standard InChI is InChI=1S/C7H8FIP2.Tb/c8-10-11(9)6-7-4-2-1-3-5-7;/h1-5,10H,6H2;. The molecule has 0 amide bonds. The van der Waals surface area contributed by atoms with Crippen LogP contribution in [-0.4, -0.2) is 0 Å². The fraction of sp³-hybridized carbons (Fsp3) is 0.143. The molecule has 0 saturated heterocycles. The molecule has 0 aliphatic carbocycles. The van der Waals surface area contributed by atoms with Gasteiger partial charge in [-0.25, -0.2) is 4.20 Å². The van der Waals surface area contributed by atoms with E-state index in [1.807, 2.05) is 30.3 Å². The zero-order valence-corrected chi connectivity index (χ0v) is 12.3. The first-order chi connectivity index (χ1) is 5.33. The molecule has 1 rings (SSSR count). The molecule has 1 aromatic carbocycles. The largest absolute Gasteiger partial charge is 0.225 e. The molecule has 1 aromatic rings. The van der Waals surface area contributed by atoms with Gasteiger partial charge in [-0.15, -0.1) is 0 Å². The molecular weight excluding hydrogens is 451 g/mol. The first-order valence-corrected chi connectivity index (χ1v) is 9.19. The first-order valence-electron chi connectivity index (χ1n) is 3.16. The van der Waals surface area contributed by atoms with Gasteiger partial charge in [-0.05, 0) is 27.6 Å². The summed E-state index contributed by atoms with van der Waals surface area (Å²) < 4.78 is 12.1. The van der Waals surface area contributed by atoms with Gasteiger partial charge in [-0.2, -0.15) is 0 Å². The Morgan fingerprint density at radius 2 is 1.92 bits per heavy atom. The molecule has 0 aliphatic rings. The number of hydrogen-bond acceptors (Lipinski definition) is 0. The second-order valence-corrected chi connectivity index (χ2v) is 11.7. The average molecular weight is 459 g/mol. The van der Waals surface area contributed by atoms with Gasteiger partial charge in [0.05, 0.1) is 0 Å². The van der Waals surface area contributed by atoms with Gasteiger partial charge in [0, 0.05) is 50.0 Å². The number of benzene rings is 1. The summed E-state index contributed by atoms with van der Waals surface area (Å²) in [6.45, 7) is 0. The van der Waals surface area contributed by atoms with E-state index < -0.39 is 13.8 Å². The van der Waals surface area contributed by atoms with E-state index in [0.717, 1.165) is 6.16 Å². The van der Waals surface area contributed by atoms with E-state index in [-0.39, 0.29) is 38.6 Å². The van der Waals surface area contributed by atoms with Gasteiger partial charge in [-0.3, -0.25) is 0 Å². The number of halogens is 2. The molecule has 0 bridgehead atoms. The van der Waals surface area contributed by atoms with Crippen LogP contribution < -0.4 is 0 Å². The first kappa shape index (κ1) is 14.0. The zero-order valence-electron chi connectivity index (χ0n) is 6.13. The van der Waals surface area contributed by atoms with Crippen molar-refractivity contribution in [1.29, 1.82) is 0 Å². The van der Waals surface area contributed by atoms with Crippen molar-refractivity contribution in [3.63, 3.8) is 0 Å². The monoisotopic (exact) mass is 459 g/mol. The molecule has 0 N–H and O–H groups in total. The van der Waals surface area contributed by atoms with Gasteiger partial charge in [0.15, 0.2) is 0 Å². The van der Waals surface area contributed by atoms with E-state index in [0.29, 0.717) is 0 Å². The minimum Gasteiger partial charge on any atom is -0.225 e. The summed E-state index contributed by atoms with van der Waals surface area (Å²) in [5.41, 5.74) is 1.25. The SMILES string of the molecule is FPP(I)Cc1ccccc1.[Tb]. The van der Waals surface area contributed by atoms with Gasteiger partial charge >= 0.3 is 0 Å². The van der Waals surface area contributed by atoms with Gasteiger partial charge in [0.1, 0.15) is 8.58 Å². The Kier molecular flexibility index (Phi) is 9.75. The number of rotatable bonds is 3. The van der Waals surface area contributed by atoms with Crippen molar-refractivity contribution >= 4 is 35.9 Å². The molecule has 0 aliphatic heterocycles. The Balaban J connectivity index is 0.00000121. The van der Waals surface area contributed by atoms with Crippen LogP contribution in [0.2, 0.25) is 0 Å². The van der Waals surface area contributed by atoms with Crippen LogP contribution in [0.5, 0.6) is 0 Å². The van der Waals surface area contributed by atoms with Crippen LogP contribution in [0, 0.1) is 38.6 Å². The van der Waals surface area contributed by atoms with Crippen molar-refractivity contribution in [2.24, 2.45) is 0 Å². The summed E-state index contributed by atoms with van der Waals surface area (Å²) in [6.07, 6.45) is 0.908. The average Bonchev–Trinajstić information content (AvgIpc) is 2.06. The van der Waals surface area contributed by atoms with Crippen molar-refractivity contribution in [3.05, 3.63) is 35.9 Å². The van der Waals surface area contributed by atoms with Gasteiger partial charge < -0.3 is 0 Å². The summed E-state index contributed by atoms with van der Waals surface area (Å²) >= 11 is 2.21. The Hall–Kier alpha value is 2.03. The van der Waals surface area contributed by atoms with Crippen molar-refractivity contribution in [3.8, 4) is 0 Å². The molecule has 0 nitrogen and oxygen atoms in total. The molecule has 0 aromatic heterocycles. The smallest absolute Gasteiger partial charge is 0.102 e. The van der Waals surface area contributed by atoms with Crippen molar-refractivity contribution in [2.45, 2.75) is 6.16 Å². The van der Waals surface area contributed by atoms with Crippen molar-refractivity contribution < 1.29 is 42.8 Å². The fourth-order valence-electron chi connectivity index (χ4n) is 0.774. The van der Waals surface area contributed by atoms with E-state index in [1.165, 1.54) is 5.56 Å². The Labute approximate surface area is 119 Å². The van der Waals surface area contributed by atoms with Crippen LogP contribution in [0.3, 0.4) is 0 Å². The number of hydrogen-bond donors (Lipinski definition) is 0. The maximum Gasteiger partial charge on any atom is 0.102 e. The minimum atomic E-state index is -0.424. The molecule has 69 valence electrons. The molecule has 0 spiro atoms. The molecule has 0 saturated carbocycles. The molecule has 0 heterocycles. The van der Waals surface area contributed by atoms with Crippen LogP contribution >= 0.6 is 35.9 Å². The van der Waals surface area contributed by atoms with Crippen LogP contribution in [-0.2, 0) is 6.16 Å². The van der Waals surface area contributed by atoms with Crippen molar-refractivity contribution in [2.75, 3.05) is 0 Å². The second-order valence-electron chi connectivity index (χ2n) is 2.09. The maximum absolute atomic E-state index is 12.1. The summed E-state index contributed by atoms with van der Waals surface area (Å²) in [5, 5.41) is -0.424. The third kappa shape index (κ3) is 5.69. The molecule has 12 heavy (non-hydrogen) atoms. The zero-order chi connectivity index (χ0) is 8.10. The quantitative estimate of drug-likeness (QED) is 0.462. The van der Waals surface area contributed by atoms with E-state index in [9.17, 15) is 4.20 Å². The van der Waals surface area contributed by atoms with E-state index in [1.54, 1.807) is 0 Å². The van der Waals surface area contributed by atoms with Crippen LogP contribution in [0.25, 0.3) is 0 Å².